The first-order valence-corrected chi connectivity index (χ1v) is 8.84. The predicted molar refractivity (Wildman–Crippen MR) is 100 cm³/mol. The zero-order valence-electron chi connectivity index (χ0n) is 15.9. The summed E-state index contributed by atoms with van der Waals surface area (Å²) < 4.78 is 18.0. The molecule has 0 aliphatic rings. The van der Waals surface area contributed by atoms with Gasteiger partial charge in [0.15, 0.2) is 17.4 Å². The van der Waals surface area contributed by atoms with Gasteiger partial charge in [0.1, 0.15) is 11.9 Å². The minimum absolute atomic E-state index is 0.240. The monoisotopic (exact) mass is 369 g/mol. The standard InChI is InChI=1S/C19H23N5O3/c1-5-26-13(3)17-22-19(18-20-11-16(25-4)12-21-18)24(23-17)14-7-9-15(10-8-14)27-6-2/h7-13H,5-6H2,1-4H3. The van der Waals surface area contributed by atoms with Crippen molar-refractivity contribution in [2.75, 3.05) is 20.3 Å². The average molecular weight is 369 g/mol. The van der Waals surface area contributed by atoms with Crippen LogP contribution in [0.25, 0.3) is 17.3 Å². The van der Waals surface area contributed by atoms with Crippen LogP contribution in [0.3, 0.4) is 0 Å². The first kappa shape index (κ1) is 18.8. The molecule has 8 heteroatoms. The Kier molecular flexibility index (Phi) is 5.97. The topological polar surface area (TPSA) is 84.2 Å². The molecule has 0 radical (unpaired) electrons. The summed E-state index contributed by atoms with van der Waals surface area (Å²) in [6.45, 7) is 7.00. The number of nitrogens with zero attached hydrogens (tertiary/aromatic N) is 5. The Morgan fingerprint density at radius 2 is 1.70 bits per heavy atom. The third kappa shape index (κ3) is 4.22. The van der Waals surface area contributed by atoms with Crippen LogP contribution in [0.15, 0.2) is 36.7 Å². The van der Waals surface area contributed by atoms with E-state index in [1.54, 1.807) is 24.2 Å². The summed E-state index contributed by atoms with van der Waals surface area (Å²) in [4.78, 5) is 13.3. The van der Waals surface area contributed by atoms with Crippen LogP contribution in [0, 0.1) is 0 Å². The van der Waals surface area contributed by atoms with Crippen LogP contribution < -0.4 is 9.47 Å². The Morgan fingerprint density at radius 1 is 1.00 bits per heavy atom. The minimum Gasteiger partial charge on any atom is -0.494 e. The summed E-state index contributed by atoms with van der Waals surface area (Å²) >= 11 is 0. The van der Waals surface area contributed by atoms with Crippen molar-refractivity contribution in [2.45, 2.75) is 26.9 Å². The zero-order chi connectivity index (χ0) is 19.2. The number of rotatable bonds is 8. The molecule has 1 aromatic carbocycles. The van der Waals surface area contributed by atoms with Crippen molar-refractivity contribution in [3.63, 3.8) is 0 Å². The molecule has 2 heterocycles. The number of methoxy groups -OCH3 is 1. The van der Waals surface area contributed by atoms with Crippen LogP contribution in [0.1, 0.15) is 32.7 Å². The second kappa shape index (κ2) is 8.59. The minimum atomic E-state index is -0.240. The molecule has 0 aliphatic carbocycles. The Labute approximate surface area is 158 Å². The lowest BCUT2D eigenvalue weighted by molar-refractivity contribution is 0.0701. The third-order valence-corrected chi connectivity index (χ3v) is 3.86. The van der Waals surface area contributed by atoms with Crippen LogP contribution in [0.2, 0.25) is 0 Å². The van der Waals surface area contributed by atoms with Gasteiger partial charge in [-0.05, 0) is 45.0 Å². The summed E-state index contributed by atoms with van der Waals surface area (Å²) in [5, 5.41) is 4.62. The number of aromatic nitrogens is 5. The van der Waals surface area contributed by atoms with Crippen molar-refractivity contribution in [1.29, 1.82) is 0 Å². The molecule has 8 nitrogen and oxygen atoms in total. The molecule has 1 unspecified atom stereocenters. The molecule has 0 amide bonds. The van der Waals surface area contributed by atoms with Gasteiger partial charge in [-0.3, -0.25) is 0 Å². The summed E-state index contributed by atoms with van der Waals surface area (Å²) in [5.74, 6) is 2.93. The first-order chi connectivity index (χ1) is 13.2. The highest BCUT2D eigenvalue weighted by atomic mass is 16.5. The fraction of sp³-hybridized carbons (Fsp3) is 0.368. The highest BCUT2D eigenvalue weighted by Crippen LogP contribution is 2.24. The molecule has 0 spiro atoms. The second-order valence-corrected chi connectivity index (χ2v) is 5.68. The molecule has 3 aromatic rings. The first-order valence-electron chi connectivity index (χ1n) is 8.84. The lowest BCUT2D eigenvalue weighted by Gasteiger charge is -2.08. The van der Waals surface area contributed by atoms with E-state index >= 15 is 0 Å². The van der Waals surface area contributed by atoms with E-state index < -0.39 is 0 Å². The van der Waals surface area contributed by atoms with Crippen LogP contribution in [0.4, 0.5) is 0 Å². The Morgan fingerprint density at radius 3 is 2.30 bits per heavy atom. The maximum Gasteiger partial charge on any atom is 0.201 e. The maximum atomic E-state index is 5.64. The van der Waals surface area contributed by atoms with Crippen LogP contribution in [-0.4, -0.2) is 45.1 Å². The summed E-state index contributed by atoms with van der Waals surface area (Å²) in [6, 6.07) is 7.62. The van der Waals surface area contributed by atoms with Crippen molar-refractivity contribution in [3.8, 4) is 28.8 Å². The maximum absolute atomic E-state index is 5.64. The molecular weight excluding hydrogens is 346 g/mol. The van der Waals surface area contributed by atoms with E-state index in [0.29, 0.717) is 36.4 Å². The Bertz CT molecular complexity index is 862. The molecule has 0 saturated carbocycles. The number of ether oxygens (including phenoxy) is 3. The van der Waals surface area contributed by atoms with Gasteiger partial charge in [-0.25, -0.2) is 19.6 Å². The normalized spacial score (nSPS) is 12.0. The molecule has 0 fully saturated rings. The lowest BCUT2D eigenvalue weighted by Crippen LogP contribution is -2.04. The van der Waals surface area contributed by atoms with Gasteiger partial charge in [0.25, 0.3) is 0 Å². The van der Waals surface area contributed by atoms with E-state index in [2.05, 4.69) is 20.1 Å². The number of hydrogen-bond donors (Lipinski definition) is 0. The third-order valence-electron chi connectivity index (χ3n) is 3.86. The van der Waals surface area contributed by atoms with Crippen molar-refractivity contribution >= 4 is 0 Å². The van der Waals surface area contributed by atoms with E-state index in [1.165, 1.54) is 0 Å². The summed E-state index contributed by atoms with van der Waals surface area (Å²) in [6.07, 6.45) is 2.96. The molecular formula is C19H23N5O3. The molecule has 0 saturated heterocycles. The highest BCUT2D eigenvalue weighted by Gasteiger charge is 2.20. The van der Waals surface area contributed by atoms with Crippen LogP contribution in [-0.2, 0) is 4.74 Å². The number of hydrogen-bond acceptors (Lipinski definition) is 7. The van der Waals surface area contributed by atoms with Gasteiger partial charge in [0, 0.05) is 6.61 Å². The van der Waals surface area contributed by atoms with Gasteiger partial charge in [-0.15, -0.1) is 5.10 Å². The molecule has 3 rings (SSSR count). The molecule has 0 aliphatic heterocycles. The van der Waals surface area contributed by atoms with Crippen molar-refractivity contribution < 1.29 is 14.2 Å². The summed E-state index contributed by atoms with van der Waals surface area (Å²) in [7, 11) is 1.57. The molecule has 2 aromatic heterocycles. The second-order valence-electron chi connectivity index (χ2n) is 5.68. The van der Waals surface area contributed by atoms with Crippen molar-refractivity contribution in [2.24, 2.45) is 0 Å². The molecule has 1 atom stereocenters. The van der Waals surface area contributed by atoms with Crippen molar-refractivity contribution in [1.82, 2.24) is 24.7 Å². The molecule has 142 valence electrons. The number of benzene rings is 1. The molecule has 0 N–H and O–H groups in total. The molecule has 0 bridgehead atoms. The lowest BCUT2D eigenvalue weighted by atomic mass is 10.3. The Hall–Kier alpha value is -3.00. The van der Waals surface area contributed by atoms with Crippen LogP contribution >= 0.6 is 0 Å². The van der Waals surface area contributed by atoms with Gasteiger partial charge >= 0.3 is 0 Å². The SMILES string of the molecule is CCOc1ccc(-n2nc(C(C)OCC)nc2-c2ncc(OC)cn2)cc1. The van der Waals surface area contributed by atoms with Gasteiger partial charge < -0.3 is 14.2 Å². The van der Waals surface area contributed by atoms with Gasteiger partial charge in [-0.1, -0.05) is 0 Å². The van der Waals surface area contributed by atoms with Gasteiger partial charge in [0.2, 0.25) is 5.82 Å². The predicted octanol–water partition coefficient (Wildman–Crippen LogP) is 3.23. The van der Waals surface area contributed by atoms with Gasteiger partial charge in [-0.2, -0.15) is 0 Å². The summed E-state index contributed by atoms with van der Waals surface area (Å²) in [5.41, 5.74) is 0.829. The molecule has 27 heavy (non-hydrogen) atoms. The Balaban J connectivity index is 2.03. The quantitative estimate of drug-likeness (QED) is 0.603. The average Bonchev–Trinajstić information content (AvgIpc) is 3.15. The highest BCUT2D eigenvalue weighted by molar-refractivity contribution is 5.50. The van der Waals surface area contributed by atoms with E-state index in [1.807, 2.05) is 45.0 Å². The van der Waals surface area contributed by atoms with E-state index in [0.717, 1.165) is 11.4 Å². The van der Waals surface area contributed by atoms with Crippen LogP contribution in [0.5, 0.6) is 11.5 Å². The van der Waals surface area contributed by atoms with E-state index in [9.17, 15) is 0 Å². The van der Waals surface area contributed by atoms with Crippen molar-refractivity contribution in [3.05, 3.63) is 42.5 Å². The van der Waals surface area contributed by atoms with E-state index in [-0.39, 0.29) is 6.10 Å². The largest absolute Gasteiger partial charge is 0.494 e. The fourth-order valence-corrected chi connectivity index (χ4v) is 2.54. The van der Waals surface area contributed by atoms with Gasteiger partial charge in [0.05, 0.1) is 31.8 Å². The smallest absolute Gasteiger partial charge is 0.201 e. The fourth-order valence-electron chi connectivity index (χ4n) is 2.54. The zero-order valence-corrected chi connectivity index (χ0v) is 15.9. The van der Waals surface area contributed by atoms with E-state index in [4.69, 9.17) is 14.2 Å².